The Morgan fingerprint density at radius 1 is 1.24 bits per heavy atom. The van der Waals surface area contributed by atoms with Gasteiger partial charge in [-0.05, 0) is 5.56 Å². The summed E-state index contributed by atoms with van der Waals surface area (Å²) >= 11 is 0. The van der Waals surface area contributed by atoms with E-state index in [1.54, 1.807) is 0 Å². The Morgan fingerprint density at radius 2 is 2.00 bits per heavy atom. The van der Waals surface area contributed by atoms with Crippen LogP contribution in [0.25, 0.3) is 0 Å². The van der Waals surface area contributed by atoms with Gasteiger partial charge in [0.1, 0.15) is 13.3 Å². The number of amides is 1. The molecule has 0 aliphatic heterocycles. The van der Waals surface area contributed by atoms with Crippen molar-refractivity contribution in [2.75, 3.05) is 26.4 Å². The van der Waals surface area contributed by atoms with Crippen LogP contribution >= 0.6 is 0 Å². The third kappa shape index (κ3) is 6.52. The van der Waals surface area contributed by atoms with Crippen molar-refractivity contribution in [1.82, 2.24) is 5.32 Å². The summed E-state index contributed by atoms with van der Waals surface area (Å²) in [6.45, 7) is 0.336. The summed E-state index contributed by atoms with van der Waals surface area (Å²) in [7, 11) is 0. The summed E-state index contributed by atoms with van der Waals surface area (Å²) in [5.74, 6) is 0. The molecule has 0 radical (unpaired) electrons. The van der Waals surface area contributed by atoms with Crippen molar-refractivity contribution >= 4 is 6.09 Å². The standard InChI is InChI=1S/C12H16FNO3/c13-6-7-14-12(15)17-9-8-16-10-11-4-2-1-3-5-11/h1-5H,6-10H2,(H,14,15). The number of carbonyl (C=O) groups is 1. The maximum atomic E-state index is 11.7. The van der Waals surface area contributed by atoms with E-state index in [1.165, 1.54) is 0 Å². The van der Waals surface area contributed by atoms with Crippen molar-refractivity contribution in [2.45, 2.75) is 6.61 Å². The molecule has 1 rings (SSSR count). The average molecular weight is 241 g/mol. The number of ether oxygens (including phenoxy) is 2. The molecule has 0 fully saturated rings. The van der Waals surface area contributed by atoms with E-state index in [1.807, 2.05) is 30.3 Å². The third-order valence-corrected chi connectivity index (χ3v) is 1.94. The minimum Gasteiger partial charge on any atom is -0.447 e. The van der Waals surface area contributed by atoms with E-state index < -0.39 is 12.8 Å². The van der Waals surface area contributed by atoms with Crippen LogP contribution in [0.4, 0.5) is 9.18 Å². The van der Waals surface area contributed by atoms with Crippen molar-refractivity contribution in [2.24, 2.45) is 0 Å². The summed E-state index contributed by atoms with van der Waals surface area (Å²) in [6, 6.07) is 9.70. The molecule has 0 unspecified atom stereocenters. The van der Waals surface area contributed by atoms with Gasteiger partial charge in [0, 0.05) is 6.54 Å². The molecule has 5 heteroatoms. The van der Waals surface area contributed by atoms with Crippen LogP contribution in [-0.4, -0.2) is 32.5 Å². The second-order valence-corrected chi connectivity index (χ2v) is 3.29. The van der Waals surface area contributed by atoms with Gasteiger partial charge >= 0.3 is 6.09 Å². The second-order valence-electron chi connectivity index (χ2n) is 3.29. The van der Waals surface area contributed by atoms with Gasteiger partial charge in [-0.1, -0.05) is 30.3 Å². The van der Waals surface area contributed by atoms with Crippen LogP contribution in [0, 0.1) is 0 Å². The molecule has 0 saturated heterocycles. The zero-order valence-electron chi connectivity index (χ0n) is 9.52. The Bertz CT molecular complexity index is 319. The minimum absolute atomic E-state index is 0.0241. The lowest BCUT2D eigenvalue weighted by atomic mass is 10.2. The highest BCUT2D eigenvalue weighted by molar-refractivity contribution is 5.66. The zero-order chi connectivity index (χ0) is 12.3. The number of alkyl carbamates (subject to hydrolysis) is 1. The van der Waals surface area contributed by atoms with Crippen LogP contribution in [0.5, 0.6) is 0 Å². The lowest BCUT2D eigenvalue weighted by molar-refractivity contribution is 0.0647. The Hall–Kier alpha value is -1.62. The van der Waals surface area contributed by atoms with Gasteiger partial charge in [-0.2, -0.15) is 0 Å². The average Bonchev–Trinajstić information content (AvgIpc) is 2.37. The summed E-state index contributed by atoms with van der Waals surface area (Å²) in [6.07, 6.45) is -0.619. The number of halogens is 1. The molecule has 0 aromatic heterocycles. The quantitative estimate of drug-likeness (QED) is 0.742. The van der Waals surface area contributed by atoms with Crippen LogP contribution in [0.3, 0.4) is 0 Å². The highest BCUT2D eigenvalue weighted by Gasteiger charge is 1.99. The van der Waals surface area contributed by atoms with Gasteiger partial charge < -0.3 is 14.8 Å². The van der Waals surface area contributed by atoms with E-state index in [9.17, 15) is 9.18 Å². The Balaban J connectivity index is 1.99. The van der Waals surface area contributed by atoms with Crippen LogP contribution in [0.2, 0.25) is 0 Å². The maximum absolute atomic E-state index is 11.7. The molecule has 4 nitrogen and oxygen atoms in total. The first kappa shape index (κ1) is 13.4. The normalized spacial score (nSPS) is 9.94. The first-order chi connectivity index (χ1) is 8.33. The smallest absolute Gasteiger partial charge is 0.407 e. The van der Waals surface area contributed by atoms with E-state index in [0.29, 0.717) is 13.2 Å². The molecular formula is C12H16FNO3. The molecule has 1 N–H and O–H groups in total. The van der Waals surface area contributed by atoms with Crippen LogP contribution in [0.15, 0.2) is 30.3 Å². The molecule has 0 aliphatic rings. The topological polar surface area (TPSA) is 47.6 Å². The fourth-order valence-electron chi connectivity index (χ4n) is 1.16. The van der Waals surface area contributed by atoms with Gasteiger partial charge in [0.15, 0.2) is 0 Å². The highest BCUT2D eigenvalue weighted by atomic mass is 19.1. The maximum Gasteiger partial charge on any atom is 0.407 e. The number of carbonyl (C=O) groups excluding carboxylic acids is 1. The molecule has 94 valence electrons. The third-order valence-electron chi connectivity index (χ3n) is 1.94. The summed E-state index contributed by atoms with van der Waals surface area (Å²) < 4.78 is 21.7. The van der Waals surface area contributed by atoms with Crippen molar-refractivity contribution < 1.29 is 18.7 Å². The van der Waals surface area contributed by atoms with E-state index >= 15 is 0 Å². The number of hydrogen-bond acceptors (Lipinski definition) is 3. The molecule has 17 heavy (non-hydrogen) atoms. The number of alkyl halides is 1. The predicted molar refractivity (Wildman–Crippen MR) is 61.4 cm³/mol. The Labute approximate surface area is 99.7 Å². The van der Waals surface area contributed by atoms with Crippen molar-refractivity contribution in [3.8, 4) is 0 Å². The van der Waals surface area contributed by atoms with Crippen molar-refractivity contribution in [3.05, 3.63) is 35.9 Å². The number of hydrogen-bond donors (Lipinski definition) is 1. The summed E-state index contributed by atoms with van der Waals surface area (Å²) in [5.41, 5.74) is 1.06. The van der Waals surface area contributed by atoms with E-state index in [0.717, 1.165) is 5.56 Å². The van der Waals surface area contributed by atoms with E-state index in [2.05, 4.69) is 5.32 Å². The first-order valence-electron chi connectivity index (χ1n) is 5.41. The van der Waals surface area contributed by atoms with Crippen LogP contribution < -0.4 is 5.32 Å². The molecule has 1 amide bonds. The zero-order valence-corrected chi connectivity index (χ0v) is 9.52. The Morgan fingerprint density at radius 3 is 2.71 bits per heavy atom. The highest BCUT2D eigenvalue weighted by Crippen LogP contribution is 1.99. The van der Waals surface area contributed by atoms with Crippen LogP contribution in [0.1, 0.15) is 5.56 Å². The molecule has 0 aliphatic carbocycles. The molecule has 0 heterocycles. The largest absolute Gasteiger partial charge is 0.447 e. The summed E-state index contributed by atoms with van der Waals surface area (Å²) in [5, 5.41) is 2.25. The second kappa shape index (κ2) is 8.52. The monoisotopic (exact) mass is 241 g/mol. The lowest BCUT2D eigenvalue weighted by Gasteiger charge is -2.06. The first-order valence-corrected chi connectivity index (χ1v) is 5.41. The minimum atomic E-state index is -0.619. The molecule has 1 aromatic rings. The number of rotatable bonds is 7. The van der Waals surface area contributed by atoms with Gasteiger partial charge in [-0.15, -0.1) is 0 Å². The van der Waals surface area contributed by atoms with Crippen LogP contribution in [-0.2, 0) is 16.1 Å². The Kier molecular flexibility index (Phi) is 6.74. The fraction of sp³-hybridized carbons (Fsp3) is 0.417. The number of nitrogens with one attached hydrogen (secondary N) is 1. The van der Waals surface area contributed by atoms with E-state index in [4.69, 9.17) is 9.47 Å². The number of benzene rings is 1. The van der Waals surface area contributed by atoms with Gasteiger partial charge in [-0.25, -0.2) is 9.18 Å². The molecule has 0 atom stereocenters. The fourth-order valence-corrected chi connectivity index (χ4v) is 1.16. The van der Waals surface area contributed by atoms with Gasteiger partial charge in [-0.3, -0.25) is 0 Å². The SMILES string of the molecule is O=C(NCCF)OCCOCc1ccccc1. The molecular weight excluding hydrogens is 225 g/mol. The van der Waals surface area contributed by atoms with E-state index in [-0.39, 0.29) is 13.2 Å². The predicted octanol–water partition coefficient (Wildman–Crippen LogP) is 1.90. The molecule has 0 bridgehead atoms. The summed E-state index contributed by atoms with van der Waals surface area (Å²) in [4.78, 5) is 10.9. The lowest BCUT2D eigenvalue weighted by Crippen LogP contribution is -2.27. The van der Waals surface area contributed by atoms with Gasteiger partial charge in [0.25, 0.3) is 0 Å². The van der Waals surface area contributed by atoms with Crippen molar-refractivity contribution in [3.63, 3.8) is 0 Å². The van der Waals surface area contributed by atoms with Gasteiger partial charge in [0.05, 0.1) is 13.2 Å². The molecule has 0 saturated carbocycles. The molecule has 1 aromatic carbocycles. The molecule has 0 spiro atoms. The van der Waals surface area contributed by atoms with Crippen molar-refractivity contribution in [1.29, 1.82) is 0 Å². The van der Waals surface area contributed by atoms with Gasteiger partial charge in [0.2, 0.25) is 0 Å².